The zero-order valence-corrected chi connectivity index (χ0v) is 10.4. The maximum absolute atomic E-state index is 11.9. The molecule has 0 saturated heterocycles. The number of nitrogens with zero attached hydrogens (tertiary/aromatic N) is 1. The van der Waals surface area contributed by atoms with Crippen LogP contribution in [-0.2, 0) is 4.79 Å². The lowest BCUT2D eigenvalue weighted by atomic mass is 10.00. The van der Waals surface area contributed by atoms with E-state index in [1.807, 2.05) is 13.0 Å². The molecule has 90 valence electrons. The third-order valence-electron chi connectivity index (χ3n) is 2.78. The minimum Gasteiger partial charge on any atom is -0.326 e. The number of hydrogen-bond donors (Lipinski definition) is 1. The minimum absolute atomic E-state index is 0.0686. The molecular formula is C14H18N2O. The number of nitrogens with one attached hydrogen (secondary N) is 1. The van der Waals surface area contributed by atoms with Gasteiger partial charge in [0.15, 0.2) is 0 Å². The van der Waals surface area contributed by atoms with Crippen LogP contribution in [0.2, 0.25) is 0 Å². The smallest absolute Gasteiger partial charge is 0.227 e. The Labute approximate surface area is 102 Å². The molecule has 0 aliphatic carbocycles. The fraction of sp³-hybridized carbons (Fsp3) is 0.429. The van der Waals surface area contributed by atoms with Gasteiger partial charge in [-0.1, -0.05) is 20.3 Å². The first-order valence-electron chi connectivity index (χ1n) is 6.02. The highest BCUT2D eigenvalue weighted by Crippen LogP contribution is 2.15. The van der Waals surface area contributed by atoms with Gasteiger partial charge in [-0.25, -0.2) is 0 Å². The summed E-state index contributed by atoms with van der Waals surface area (Å²) in [6, 6.07) is 8.98. The van der Waals surface area contributed by atoms with Gasteiger partial charge >= 0.3 is 0 Å². The normalized spacial score (nSPS) is 11.6. The van der Waals surface area contributed by atoms with Gasteiger partial charge in [-0.05, 0) is 37.1 Å². The number of anilines is 1. The summed E-state index contributed by atoms with van der Waals surface area (Å²) in [5.74, 6) is 0.148. The van der Waals surface area contributed by atoms with Gasteiger partial charge < -0.3 is 5.32 Å². The van der Waals surface area contributed by atoms with Crippen molar-refractivity contribution in [2.75, 3.05) is 5.32 Å². The van der Waals surface area contributed by atoms with Gasteiger partial charge in [-0.2, -0.15) is 5.26 Å². The molecule has 0 fully saturated rings. The molecule has 0 aliphatic rings. The van der Waals surface area contributed by atoms with Gasteiger partial charge in [-0.3, -0.25) is 4.79 Å². The number of carbonyl (C=O) groups excluding carboxylic acids is 1. The van der Waals surface area contributed by atoms with Crippen LogP contribution in [0.3, 0.4) is 0 Å². The van der Waals surface area contributed by atoms with Gasteiger partial charge in [0.1, 0.15) is 0 Å². The van der Waals surface area contributed by atoms with Gasteiger partial charge in [-0.15, -0.1) is 0 Å². The summed E-state index contributed by atoms with van der Waals surface area (Å²) in [7, 11) is 0. The molecule has 1 atom stereocenters. The van der Waals surface area contributed by atoms with Crippen molar-refractivity contribution in [1.82, 2.24) is 0 Å². The average Bonchev–Trinajstić information content (AvgIpc) is 2.36. The van der Waals surface area contributed by atoms with Crippen LogP contribution >= 0.6 is 0 Å². The van der Waals surface area contributed by atoms with Crippen molar-refractivity contribution in [3.05, 3.63) is 29.8 Å². The van der Waals surface area contributed by atoms with Crippen molar-refractivity contribution in [3.63, 3.8) is 0 Å². The molecule has 3 nitrogen and oxygen atoms in total. The largest absolute Gasteiger partial charge is 0.326 e. The number of carbonyl (C=O) groups is 1. The molecule has 17 heavy (non-hydrogen) atoms. The Balaban J connectivity index is 2.63. The third-order valence-corrected chi connectivity index (χ3v) is 2.78. The van der Waals surface area contributed by atoms with Crippen LogP contribution in [0.5, 0.6) is 0 Å². The summed E-state index contributed by atoms with van der Waals surface area (Å²) in [5.41, 5.74) is 1.35. The Hall–Kier alpha value is -1.82. The number of rotatable bonds is 5. The molecule has 1 rings (SSSR count). The molecule has 1 aromatic rings. The molecule has 0 spiro atoms. The first-order valence-corrected chi connectivity index (χ1v) is 6.02. The molecule has 1 amide bonds. The van der Waals surface area contributed by atoms with Crippen molar-refractivity contribution < 1.29 is 4.79 Å². The lowest BCUT2D eigenvalue weighted by Gasteiger charge is -2.13. The van der Waals surface area contributed by atoms with Crippen LogP contribution in [0.15, 0.2) is 24.3 Å². The van der Waals surface area contributed by atoms with Crippen LogP contribution < -0.4 is 5.32 Å². The molecular weight excluding hydrogens is 212 g/mol. The maximum Gasteiger partial charge on any atom is 0.227 e. The monoisotopic (exact) mass is 230 g/mol. The van der Waals surface area contributed by atoms with Gasteiger partial charge in [0, 0.05) is 11.6 Å². The summed E-state index contributed by atoms with van der Waals surface area (Å²) in [5, 5.41) is 11.5. The van der Waals surface area contributed by atoms with E-state index in [1.54, 1.807) is 24.3 Å². The SMILES string of the molecule is CCCC(CC)C(=O)Nc1ccc(C#N)cc1. The molecule has 0 aliphatic heterocycles. The van der Waals surface area contributed by atoms with E-state index in [0.29, 0.717) is 5.56 Å². The molecule has 0 aromatic heterocycles. The molecule has 0 radical (unpaired) electrons. The fourth-order valence-electron chi connectivity index (χ4n) is 1.74. The van der Waals surface area contributed by atoms with E-state index in [2.05, 4.69) is 12.2 Å². The summed E-state index contributed by atoms with van der Waals surface area (Å²) >= 11 is 0. The second-order valence-corrected chi connectivity index (χ2v) is 4.07. The Bertz CT molecular complexity index is 403. The molecule has 0 bridgehead atoms. The van der Waals surface area contributed by atoms with Crippen molar-refractivity contribution in [1.29, 1.82) is 5.26 Å². The van der Waals surface area contributed by atoms with Crippen molar-refractivity contribution >= 4 is 11.6 Å². The predicted molar refractivity (Wildman–Crippen MR) is 68.5 cm³/mol. The summed E-state index contributed by atoms with van der Waals surface area (Å²) < 4.78 is 0. The number of hydrogen-bond acceptors (Lipinski definition) is 2. The second kappa shape index (κ2) is 6.70. The van der Waals surface area contributed by atoms with E-state index in [9.17, 15) is 4.79 Å². The number of nitriles is 1. The Morgan fingerprint density at radius 3 is 2.47 bits per heavy atom. The van der Waals surface area contributed by atoms with Gasteiger partial charge in [0.2, 0.25) is 5.91 Å². The zero-order valence-electron chi connectivity index (χ0n) is 10.4. The summed E-state index contributed by atoms with van der Waals surface area (Å²) in [6.07, 6.45) is 2.79. The second-order valence-electron chi connectivity index (χ2n) is 4.07. The van der Waals surface area contributed by atoms with E-state index >= 15 is 0 Å². The van der Waals surface area contributed by atoms with Crippen molar-refractivity contribution in [2.24, 2.45) is 5.92 Å². The average molecular weight is 230 g/mol. The van der Waals surface area contributed by atoms with Crippen LogP contribution in [-0.4, -0.2) is 5.91 Å². The molecule has 3 heteroatoms. The van der Waals surface area contributed by atoms with E-state index in [4.69, 9.17) is 5.26 Å². The van der Waals surface area contributed by atoms with Gasteiger partial charge in [0.05, 0.1) is 11.6 Å². The van der Waals surface area contributed by atoms with Crippen LogP contribution in [0.1, 0.15) is 38.7 Å². The first kappa shape index (κ1) is 13.2. The number of amides is 1. The van der Waals surface area contributed by atoms with E-state index in [0.717, 1.165) is 24.9 Å². The third kappa shape index (κ3) is 3.92. The Kier molecular flexibility index (Phi) is 5.22. The van der Waals surface area contributed by atoms with Crippen LogP contribution in [0, 0.1) is 17.2 Å². The molecule has 0 saturated carbocycles. The van der Waals surface area contributed by atoms with Crippen molar-refractivity contribution in [3.8, 4) is 6.07 Å². The van der Waals surface area contributed by atoms with E-state index in [-0.39, 0.29) is 11.8 Å². The molecule has 1 unspecified atom stereocenters. The molecule has 1 aromatic carbocycles. The summed E-state index contributed by atoms with van der Waals surface area (Å²) in [4.78, 5) is 11.9. The Morgan fingerprint density at radius 1 is 1.35 bits per heavy atom. The Morgan fingerprint density at radius 2 is 2.00 bits per heavy atom. The molecule has 0 heterocycles. The van der Waals surface area contributed by atoms with E-state index in [1.165, 1.54) is 0 Å². The quantitative estimate of drug-likeness (QED) is 0.843. The highest BCUT2D eigenvalue weighted by Gasteiger charge is 2.15. The first-order chi connectivity index (χ1) is 8.21. The van der Waals surface area contributed by atoms with Crippen LogP contribution in [0.25, 0.3) is 0 Å². The molecule has 1 N–H and O–H groups in total. The number of benzene rings is 1. The standard InChI is InChI=1S/C14H18N2O/c1-3-5-12(4-2)14(17)16-13-8-6-11(10-15)7-9-13/h6-9,12H,3-5H2,1-2H3,(H,16,17). The highest BCUT2D eigenvalue weighted by atomic mass is 16.1. The summed E-state index contributed by atoms with van der Waals surface area (Å²) in [6.45, 7) is 4.11. The lowest BCUT2D eigenvalue weighted by Crippen LogP contribution is -2.22. The maximum atomic E-state index is 11.9. The van der Waals surface area contributed by atoms with Crippen LogP contribution in [0.4, 0.5) is 5.69 Å². The van der Waals surface area contributed by atoms with Gasteiger partial charge in [0.25, 0.3) is 0 Å². The highest BCUT2D eigenvalue weighted by molar-refractivity contribution is 5.92. The minimum atomic E-state index is 0.0686. The lowest BCUT2D eigenvalue weighted by molar-refractivity contribution is -0.120. The predicted octanol–water partition coefficient (Wildman–Crippen LogP) is 3.32. The zero-order chi connectivity index (χ0) is 12.7. The topological polar surface area (TPSA) is 52.9 Å². The van der Waals surface area contributed by atoms with E-state index < -0.39 is 0 Å². The van der Waals surface area contributed by atoms with Crippen molar-refractivity contribution in [2.45, 2.75) is 33.1 Å². The fourth-order valence-corrected chi connectivity index (χ4v) is 1.74.